The molecule has 2 nitrogen and oxygen atoms in total. The van der Waals surface area contributed by atoms with Crippen molar-refractivity contribution in [2.24, 2.45) is 5.41 Å². The summed E-state index contributed by atoms with van der Waals surface area (Å²) in [7, 11) is 0. The third-order valence-electron chi connectivity index (χ3n) is 3.37. The molecule has 2 atom stereocenters. The van der Waals surface area contributed by atoms with Gasteiger partial charge in [0.05, 0.1) is 6.10 Å². The lowest BCUT2D eigenvalue weighted by molar-refractivity contribution is 0.165. The minimum Gasteiger partial charge on any atom is -0.387 e. The van der Waals surface area contributed by atoms with Crippen molar-refractivity contribution in [2.75, 3.05) is 6.54 Å². The first kappa shape index (κ1) is 9.56. The Morgan fingerprint density at radius 2 is 2.31 bits per heavy atom. The molecule has 2 rings (SSSR count). The minimum absolute atomic E-state index is 0.112. The number of rotatable bonds is 3. The molecule has 0 aromatic carbocycles. The fourth-order valence-electron chi connectivity index (χ4n) is 1.93. The summed E-state index contributed by atoms with van der Waals surface area (Å²) >= 11 is 5.31. The topological polar surface area (TPSA) is 32.3 Å². The molecule has 0 amide bonds. The summed E-state index contributed by atoms with van der Waals surface area (Å²) in [5, 5.41) is 13.3. The van der Waals surface area contributed by atoms with E-state index in [1.54, 1.807) is 0 Å². The fourth-order valence-corrected chi connectivity index (χ4v) is 2.42. The van der Waals surface area contributed by atoms with E-state index in [0.717, 1.165) is 30.7 Å². The normalized spacial score (nSPS) is 32.9. The number of nitrogens with one attached hydrogen (secondary N) is 1. The highest BCUT2D eigenvalue weighted by Crippen LogP contribution is 2.48. The first-order valence-corrected chi connectivity index (χ1v) is 5.49. The molecule has 1 aliphatic heterocycles. The molecular formula is C10H17NOS. The van der Waals surface area contributed by atoms with Crippen molar-refractivity contribution in [1.29, 1.82) is 0 Å². The van der Waals surface area contributed by atoms with Crippen molar-refractivity contribution >= 4 is 17.1 Å². The van der Waals surface area contributed by atoms with Gasteiger partial charge in [-0.05, 0) is 37.6 Å². The van der Waals surface area contributed by atoms with Crippen molar-refractivity contribution in [1.82, 2.24) is 5.32 Å². The molecule has 0 bridgehead atoms. The van der Waals surface area contributed by atoms with Gasteiger partial charge < -0.3 is 10.4 Å². The Bertz CT molecular complexity index is 219. The van der Waals surface area contributed by atoms with Crippen LogP contribution in [0.3, 0.4) is 0 Å². The first-order valence-electron chi connectivity index (χ1n) is 5.09. The van der Waals surface area contributed by atoms with Crippen LogP contribution in [0.1, 0.15) is 32.6 Å². The monoisotopic (exact) mass is 199 g/mol. The van der Waals surface area contributed by atoms with Crippen LogP contribution in [-0.4, -0.2) is 28.7 Å². The molecule has 0 aromatic rings. The molecule has 74 valence electrons. The lowest BCUT2D eigenvalue weighted by Crippen LogP contribution is -2.40. The van der Waals surface area contributed by atoms with Gasteiger partial charge in [-0.15, -0.1) is 0 Å². The van der Waals surface area contributed by atoms with Gasteiger partial charge in [0.2, 0.25) is 0 Å². The third-order valence-corrected chi connectivity index (χ3v) is 3.88. The van der Waals surface area contributed by atoms with E-state index in [1.807, 2.05) is 0 Å². The van der Waals surface area contributed by atoms with Crippen molar-refractivity contribution < 1.29 is 5.11 Å². The minimum atomic E-state index is -0.363. The number of hydrogen-bond acceptors (Lipinski definition) is 3. The first-order chi connectivity index (χ1) is 6.13. The van der Waals surface area contributed by atoms with Crippen molar-refractivity contribution in [3.63, 3.8) is 0 Å². The SMILES string of the molecule is CC1([C@@H](O)C(=S)[C@@H]2CCCN2)CC1. The van der Waals surface area contributed by atoms with Gasteiger partial charge >= 0.3 is 0 Å². The van der Waals surface area contributed by atoms with E-state index in [-0.39, 0.29) is 11.5 Å². The summed E-state index contributed by atoms with van der Waals surface area (Å²) in [6.07, 6.45) is 4.18. The smallest absolute Gasteiger partial charge is 0.0921 e. The summed E-state index contributed by atoms with van der Waals surface area (Å²) in [6.45, 7) is 3.17. The van der Waals surface area contributed by atoms with Gasteiger partial charge in [0.15, 0.2) is 0 Å². The van der Waals surface area contributed by atoms with Crippen LogP contribution in [0.25, 0.3) is 0 Å². The van der Waals surface area contributed by atoms with E-state index in [4.69, 9.17) is 12.2 Å². The maximum atomic E-state index is 10.00. The van der Waals surface area contributed by atoms with Gasteiger partial charge in [-0.2, -0.15) is 0 Å². The van der Waals surface area contributed by atoms with Gasteiger partial charge in [-0.25, -0.2) is 0 Å². The predicted molar refractivity (Wildman–Crippen MR) is 57.0 cm³/mol. The highest BCUT2D eigenvalue weighted by Gasteiger charge is 2.47. The predicted octanol–water partition coefficient (Wildman–Crippen LogP) is 1.27. The standard InChI is InChI=1S/C10H17NOS/c1-10(4-5-10)9(12)8(13)7-3-2-6-11-7/h7,9,11-12H,2-6H2,1H3/t7-,9-/m0/s1. The maximum absolute atomic E-state index is 10.00. The summed E-state index contributed by atoms with van der Waals surface area (Å²) < 4.78 is 0. The van der Waals surface area contributed by atoms with Crippen molar-refractivity contribution in [2.45, 2.75) is 44.8 Å². The summed E-state index contributed by atoms with van der Waals surface area (Å²) in [4.78, 5) is 0.845. The van der Waals surface area contributed by atoms with Crippen LogP contribution in [0.2, 0.25) is 0 Å². The molecular weight excluding hydrogens is 182 g/mol. The quantitative estimate of drug-likeness (QED) is 0.671. The molecule has 2 N–H and O–H groups in total. The maximum Gasteiger partial charge on any atom is 0.0921 e. The molecule has 13 heavy (non-hydrogen) atoms. The Balaban J connectivity index is 1.95. The molecule has 0 spiro atoms. The Morgan fingerprint density at radius 3 is 2.77 bits per heavy atom. The Kier molecular flexibility index (Phi) is 2.43. The summed E-state index contributed by atoms with van der Waals surface area (Å²) in [5.74, 6) is 0. The molecule has 1 heterocycles. The number of thiocarbonyl (C=S) groups is 1. The zero-order valence-electron chi connectivity index (χ0n) is 8.05. The fraction of sp³-hybridized carbons (Fsp3) is 0.900. The van der Waals surface area contributed by atoms with Gasteiger partial charge in [0.25, 0.3) is 0 Å². The molecule has 1 saturated carbocycles. The van der Waals surface area contributed by atoms with Gasteiger partial charge in [-0.3, -0.25) is 0 Å². The van der Waals surface area contributed by atoms with Crippen LogP contribution in [0.4, 0.5) is 0 Å². The van der Waals surface area contributed by atoms with E-state index >= 15 is 0 Å². The Morgan fingerprint density at radius 1 is 1.62 bits per heavy atom. The second kappa shape index (κ2) is 3.30. The lowest BCUT2D eigenvalue weighted by Gasteiger charge is -2.22. The molecule has 0 radical (unpaired) electrons. The number of aliphatic hydroxyl groups excluding tert-OH is 1. The highest BCUT2D eigenvalue weighted by molar-refractivity contribution is 7.80. The van der Waals surface area contributed by atoms with E-state index in [2.05, 4.69) is 12.2 Å². The Hall–Kier alpha value is 0.01000. The van der Waals surface area contributed by atoms with E-state index in [0.29, 0.717) is 6.04 Å². The van der Waals surface area contributed by atoms with Gasteiger partial charge in [0, 0.05) is 10.9 Å². The van der Waals surface area contributed by atoms with Crippen molar-refractivity contribution in [3.05, 3.63) is 0 Å². The van der Waals surface area contributed by atoms with Crippen LogP contribution >= 0.6 is 12.2 Å². The molecule has 2 fully saturated rings. The molecule has 1 aliphatic carbocycles. The average Bonchev–Trinajstić information content (AvgIpc) is 2.71. The molecule has 0 aromatic heterocycles. The largest absolute Gasteiger partial charge is 0.387 e. The van der Waals surface area contributed by atoms with E-state index < -0.39 is 0 Å². The molecule has 1 saturated heterocycles. The van der Waals surface area contributed by atoms with Crippen LogP contribution in [-0.2, 0) is 0 Å². The van der Waals surface area contributed by atoms with Crippen LogP contribution in [0, 0.1) is 5.41 Å². The Labute approximate surface area is 84.7 Å². The molecule has 0 unspecified atom stereocenters. The summed E-state index contributed by atoms with van der Waals surface area (Å²) in [5.41, 5.74) is 0.112. The van der Waals surface area contributed by atoms with Gasteiger partial charge in [0.1, 0.15) is 0 Å². The van der Waals surface area contributed by atoms with Crippen LogP contribution in [0.15, 0.2) is 0 Å². The lowest BCUT2D eigenvalue weighted by atomic mass is 9.94. The second-order valence-electron chi connectivity index (χ2n) is 4.61. The van der Waals surface area contributed by atoms with E-state index in [1.165, 1.54) is 6.42 Å². The van der Waals surface area contributed by atoms with E-state index in [9.17, 15) is 5.11 Å². The van der Waals surface area contributed by atoms with Gasteiger partial charge in [-0.1, -0.05) is 19.1 Å². The number of hydrogen-bond donors (Lipinski definition) is 2. The van der Waals surface area contributed by atoms with Crippen LogP contribution < -0.4 is 5.32 Å². The highest BCUT2D eigenvalue weighted by atomic mass is 32.1. The average molecular weight is 199 g/mol. The molecule has 3 heteroatoms. The second-order valence-corrected chi connectivity index (χ2v) is 5.08. The number of aliphatic hydroxyl groups is 1. The zero-order valence-corrected chi connectivity index (χ0v) is 8.86. The third kappa shape index (κ3) is 1.78. The van der Waals surface area contributed by atoms with Crippen molar-refractivity contribution in [3.8, 4) is 0 Å². The zero-order chi connectivity index (χ0) is 9.47. The molecule has 2 aliphatic rings. The summed E-state index contributed by atoms with van der Waals surface area (Å²) in [6, 6.07) is 0.294. The van der Waals surface area contributed by atoms with Crippen LogP contribution in [0.5, 0.6) is 0 Å².